The van der Waals surface area contributed by atoms with E-state index in [9.17, 15) is 4.79 Å². The van der Waals surface area contributed by atoms with Gasteiger partial charge in [0.2, 0.25) is 5.91 Å². The van der Waals surface area contributed by atoms with Crippen molar-refractivity contribution in [2.45, 2.75) is 59.9 Å². The van der Waals surface area contributed by atoms with Gasteiger partial charge in [-0.05, 0) is 50.3 Å². The first kappa shape index (κ1) is 21.4. The second-order valence-electron chi connectivity index (χ2n) is 7.23. The highest BCUT2D eigenvalue weighted by Gasteiger charge is 2.15. The molecule has 28 heavy (non-hydrogen) atoms. The molecule has 1 amide bonds. The fourth-order valence-corrected chi connectivity index (χ4v) is 2.99. The summed E-state index contributed by atoms with van der Waals surface area (Å²) in [5.74, 6) is 1.33. The monoisotopic (exact) mass is 383 g/mol. The Bertz CT molecular complexity index is 836. The van der Waals surface area contributed by atoms with Crippen LogP contribution in [0, 0.1) is 31.1 Å². The van der Waals surface area contributed by atoms with Crippen LogP contribution in [-0.2, 0) is 17.8 Å². The molecule has 0 atom stereocenters. The van der Waals surface area contributed by atoms with Crippen LogP contribution < -0.4 is 10.1 Å². The summed E-state index contributed by atoms with van der Waals surface area (Å²) in [5.41, 5.74) is 3.23. The summed E-state index contributed by atoms with van der Waals surface area (Å²) in [6, 6.07) is 5.60. The van der Waals surface area contributed by atoms with E-state index in [1.54, 1.807) is 18.3 Å². The number of rotatable bonds is 10. The minimum absolute atomic E-state index is 0.115. The Labute approximate surface area is 166 Å². The first-order valence-electron chi connectivity index (χ1n) is 9.69. The summed E-state index contributed by atoms with van der Waals surface area (Å²) in [7, 11) is 0. The lowest BCUT2D eigenvalue weighted by Gasteiger charge is -2.11. The van der Waals surface area contributed by atoms with Gasteiger partial charge in [-0.1, -0.05) is 13.8 Å². The molecule has 0 saturated heterocycles. The Morgan fingerprint density at radius 1 is 1.39 bits per heavy atom. The Morgan fingerprint density at radius 2 is 2.18 bits per heavy atom. The first-order chi connectivity index (χ1) is 13.4. The van der Waals surface area contributed by atoms with E-state index in [0.29, 0.717) is 49.8 Å². The third-order valence-electron chi connectivity index (χ3n) is 4.39. The van der Waals surface area contributed by atoms with E-state index >= 15 is 0 Å². The predicted molar refractivity (Wildman–Crippen MR) is 108 cm³/mol. The van der Waals surface area contributed by atoms with Gasteiger partial charge in [-0.15, -0.1) is 0 Å². The first-order valence-corrected chi connectivity index (χ1v) is 9.69. The van der Waals surface area contributed by atoms with Gasteiger partial charge in [0.05, 0.1) is 18.4 Å². The largest absolute Gasteiger partial charge is 0.490 e. The Hall–Kier alpha value is -2.88. The summed E-state index contributed by atoms with van der Waals surface area (Å²) < 4.78 is 7.67. The number of ether oxygens (including phenoxy) is 1. The molecule has 0 radical (unpaired) electrons. The number of unbranched alkanes of at least 4 members (excludes halogenated alkanes) is 1. The average molecular weight is 383 g/mol. The summed E-state index contributed by atoms with van der Waals surface area (Å²) in [6.45, 7) is 9.66. The molecule has 0 aliphatic heterocycles. The molecule has 2 rings (SSSR count). The van der Waals surface area contributed by atoms with Crippen LogP contribution in [0.5, 0.6) is 5.75 Å². The minimum atomic E-state index is -0.115. The van der Waals surface area contributed by atoms with Gasteiger partial charge in [-0.2, -0.15) is 10.4 Å². The average Bonchev–Trinajstić information content (AvgIpc) is 2.91. The number of carbonyl (C=O) groups is 1. The van der Waals surface area contributed by atoms with Gasteiger partial charge < -0.3 is 10.1 Å². The maximum absolute atomic E-state index is 12.4. The van der Waals surface area contributed by atoms with E-state index in [1.165, 1.54) is 0 Å². The molecular formula is C21H29N5O2. The fraction of sp³-hybridized carbons (Fsp3) is 0.524. The zero-order chi connectivity index (χ0) is 20.5. The van der Waals surface area contributed by atoms with Crippen LogP contribution in [0.3, 0.4) is 0 Å². The van der Waals surface area contributed by atoms with Gasteiger partial charge in [0, 0.05) is 31.3 Å². The van der Waals surface area contributed by atoms with Gasteiger partial charge in [0.1, 0.15) is 0 Å². The van der Waals surface area contributed by atoms with E-state index in [4.69, 9.17) is 10.00 Å². The molecule has 7 nitrogen and oxygen atoms in total. The molecule has 2 heterocycles. The van der Waals surface area contributed by atoms with Crippen molar-refractivity contribution in [3.05, 3.63) is 35.3 Å². The molecule has 0 spiro atoms. The van der Waals surface area contributed by atoms with Crippen LogP contribution in [0.1, 0.15) is 50.1 Å². The molecular weight excluding hydrogens is 354 g/mol. The molecule has 2 aromatic rings. The SMILES string of the molecule is Cc1nn(CC(C)C)c(C)c1CCC(=O)Nc1ncccc1OCCCC#N. The van der Waals surface area contributed by atoms with Crippen LogP contribution in [0.4, 0.5) is 5.82 Å². The molecule has 7 heteroatoms. The van der Waals surface area contributed by atoms with Crippen molar-refractivity contribution in [2.75, 3.05) is 11.9 Å². The predicted octanol–water partition coefficient (Wildman–Crippen LogP) is 3.80. The molecule has 0 bridgehead atoms. The van der Waals surface area contributed by atoms with Crippen molar-refractivity contribution in [2.24, 2.45) is 5.92 Å². The van der Waals surface area contributed by atoms with Gasteiger partial charge in [-0.3, -0.25) is 9.48 Å². The lowest BCUT2D eigenvalue weighted by Crippen LogP contribution is -2.15. The van der Waals surface area contributed by atoms with Gasteiger partial charge in [-0.25, -0.2) is 4.98 Å². The number of nitrogens with zero attached hydrogens (tertiary/aromatic N) is 4. The second kappa shape index (κ2) is 10.5. The molecule has 1 N–H and O–H groups in total. The summed E-state index contributed by atoms with van der Waals surface area (Å²) in [4.78, 5) is 16.7. The van der Waals surface area contributed by atoms with Crippen molar-refractivity contribution in [3.63, 3.8) is 0 Å². The van der Waals surface area contributed by atoms with E-state index in [0.717, 1.165) is 23.5 Å². The molecule has 0 aliphatic rings. The number of hydrogen-bond acceptors (Lipinski definition) is 5. The maximum atomic E-state index is 12.4. The van der Waals surface area contributed by atoms with E-state index in [2.05, 4.69) is 42.2 Å². The van der Waals surface area contributed by atoms with Crippen molar-refractivity contribution in [1.29, 1.82) is 5.26 Å². The number of hydrogen-bond donors (Lipinski definition) is 1. The standard InChI is InChI=1S/C21H29N5O2/c1-15(2)14-26-17(4)18(16(3)25-26)9-10-20(27)24-21-19(8-7-12-23-21)28-13-6-5-11-22/h7-8,12,15H,5-6,9-10,13-14H2,1-4H3,(H,23,24,27). The second-order valence-corrected chi connectivity index (χ2v) is 7.23. The molecule has 0 fully saturated rings. The number of pyridine rings is 1. The Kier molecular flexibility index (Phi) is 8.00. The topological polar surface area (TPSA) is 92.8 Å². The highest BCUT2D eigenvalue weighted by molar-refractivity contribution is 5.91. The zero-order valence-corrected chi connectivity index (χ0v) is 17.2. The molecule has 0 aromatic carbocycles. The number of aryl methyl sites for hydroxylation is 1. The van der Waals surface area contributed by atoms with Gasteiger partial charge in [0.15, 0.2) is 11.6 Å². The van der Waals surface area contributed by atoms with E-state index in [1.807, 2.05) is 11.6 Å². The van der Waals surface area contributed by atoms with Crippen LogP contribution in [-0.4, -0.2) is 27.3 Å². The number of carbonyl (C=O) groups excluding carboxylic acids is 1. The van der Waals surface area contributed by atoms with Crippen LogP contribution in [0.15, 0.2) is 18.3 Å². The highest BCUT2D eigenvalue weighted by Crippen LogP contribution is 2.22. The quantitative estimate of drug-likeness (QED) is 0.630. The van der Waals surface area contributed by atoms with Gasteiger partial charge in [0.25, 0.3) is 0 Å². The third-order valence-corrected chi connectivity index (χ3v) is 4.39. The van der Waals surface area contributed by atoms with Crippen LogP contribution in [0.2, 0.25) is 0 Å². The van der Waals surface area contributed by atoms with Gasteiger partial charge >= 0.3 is 0 Å². The number of nitrogens with one attached hydrogen (secondary N) is 1. The van der Waals surface area contributed by atoms with Crippen molar-refractivity contribution >= 4 is 11.7 Å². The summed E-state index contributed by atoms with van der Waals surface area (Å²) >= 11 is 0. The lowest BCUT2D eigenvalue weighted by atomic mass is 10.1. The maximum Gasteiger partial charge on any atom is 0.225 e. The van der Waals surface area contributed by atoms with Crippen molar-refractivity contribution < 1.29 is 9.53 Å². The Balaban J connectivity index is 1.95. The molecule has 2 aromatic heterocycles. The number of nitriles is 1. The Morgan fingerprint density at radius 3 is 2.89 bits per heavy atom. The number of anilines is 1. The van der Waals surface area contributed by atoms with E-state index in [-0.39, 0.29) is 5.91 Å². The molecule has 0 unspecified atom stereocenters. The molecule has 0 saturated carbocycles. The fourth-order valence-electron chi connectivity index (χ4n) is 2.99. The zero-order valence-electron chi connectivity index (χ0n) is 17.2. The number of amides is 1. The van der Waals surface area contributed by atoms with Crippen LogP contribution >= 0.6 is 0 Å². The summed E-state index contributed by atoms with van der Waals surface area (Å²) in [6.07, 6.45) is 3.66. The summed E-state index contributed by atoms with van der Waals surface area (Å²) in [5, 5.41) is 16.0. The van der Waals surface area contributed by atoms with Crippen molar-refractivity contribution in [1.82, 2.24) is 14.8 Å². The van der Waals surface area contributed by atoms with E-state index < -0.39 is 0 Å². The van der Waals surface area contributed by atoms with Crippen LogP contribution in [0.25, 0.3) is 0 Å². The third kappa shape index (κ3) is 6.08. The number of aromatic nitrogens is 3. The molecule has 150 valence electrons. The smallest absolute Gasteiger partial charge is 0.225 e. The minimum Gasteiger partial charge on any atom is -0.490 e. The lowest BCUT2D eigenvalue weighted by molar-refractivity contribution is -0.116. The molecule has 0 aliphatic carbocycles. The normalized spacial score (nSPS) is 10.7. The highest BCUT2D eigenvalue weighted by atomic mass is 16.5. The van der Waals surface area contributed by atoms with Crippen molar-refractivity contribution in [3.8, 4) is 11.8 Å².